The molecule has 3 aliphatic rings. The highest BCUT2D eigenvalue weighted by Gasteiger charge is 2.47. The molecule has 2 atom stereocenters. The van der Waals surface area contributed by atoms with E-state index >= 15 is 0 Å². The molecular formula is C27H27N7O4. The molecule has 0 radical (unpaired) electrons. The molecule has 1 aromatic carbocycles. The van der Waals surface area contributed by atoms with Gasteiger partial charge >= 0.3 is 0 Å². The lowest BCUT2D eigenvalue weighted by molar-refractivity contribution is -0.136. The summed E-state index contributed by atoms with van der Waals surface area (Å²) in [4.78, 5) is 34.8. The predicted molar refractivity (Wildman–Crippen MR) is 138 cm³/mol. The van der Waals surface area contributed by atoms with Gasteiger partial charge in [-0.15, -0.1) is 0 Å². The van der Waals surface area contributed by atoms with E-state index < -0.39 is 12.1 Å². The average Bonchev–Trinajstić information content (AvgIpc) is 3.52. The van der Waals surface area contributed by atoms with E-state index in [1.165, 1.54) is 0 Å². The number of pyridine rings is 1. The monoisotopic (exact) mass is 513 g/mol. The molecule has 7 rings (SSSR count). The average molecular weight is 514 g/mol. The number of carbonyl (C=O) groups excluding carboxylic acids is 1. The maximum atomic E-state index is 11.9. The van der Waals surface area contributed by atoms with Gasteiger partial charge in [0.05, 0.1) is 12.3 Å². The van der Waals surface area contributed by atoms with Gasteiger partial charge in [0, 0.05) is 49.2 Å². The first kappa shape index (κ1) is 23.1. The molecule has 1 fully saturated rings. The molecule has 6 heterocycles. The van der Waals surface area contributed by atoms with Crippen LogP contribution in [0.2, 0.25) is 0 Å². The first-order valence-corrected chi connectivity index (χ1v) is 12.7. The Morgan fingerprint density at radius 2 is 1.95 bits per heavy atom. The summed E-state index contributed by atoms with van der Waals surface area (Å²) < 4.78 is 14.2. The zero-order valence-corrected chi connectivity index (χ0v) is 20.9. The number of carbonyl (C=O) groups is 1. The van der Waals surface area contributed by atoms with Crippen molar-refractivity contribution in [1.82, 2.24) is 29.4 Å². The number of piperazine rings is 1. The number of amides is 1. The van der Waals surface area contributed by atoms with E-state index in [-0.39, 0.29) is 11.9 Å². The number of para-hydroxylation sites is 1. The zero-order chi connectivity index (χ0) is 25.9. The fourth-order valence-corrected chi connectivity index (χ4v) is 5.86. The van der Waals surface area contributed by atoms with Crippen LogP contribution < -0.4 is 9.64 Å². The number of ether oxygens (including phenoxy) is 2. The van der Waals surface area contributed by atoms with E-state index in [1.807, 2.05) is 37.3 Å². The molecule has 1 N–H and O–H groups in total. The van der Waals surface area contributed by atoms with Crippen molar-refractivity contribution >= 4 is 23.0 Å². The third-order valence-electron chi connectivity index (χ3n) is 7.73. The Bertz CT molecular complexity index is 1540. The standard InChI is InChI=1S/C27H27N7O4/c1-17-12-32(8-9-33(17)24(36)13-35)26-28-10-18(11-29-26)20-6-7-21-25(31-20)34-23(30-21)14-37-15-27(34)16-38-22-5-3-2-4-19(22)27/h2-7,10-11,17,35H,8-9,12-16H2,1H3/t17-,27+/m1/s1. The molecule has 0 aliphatic carbocycles. The van der Waals surface area contributed by atoms with Crippen LogP contribution in [-0.2, 0) is 21.7 Å². The molecule has 3 aromatic heterocycles. The van der Waals surface area contributed by atoms with Crippen LogP contribution >= 0.6 is 0 Å². The van der Waals surface area contributed by atoms with Crippen molar-refractivity contribution in [2.24, 2.45) is 0 Å². The van der Waals surface area contributed by atoms with Gasteiger partial charge < -0.3 is 24.4 Å². The van der Waals surface area contributed by atoms with Crippen molar-refractivity contribution < 1.29 is 19.4 Å². The highest BCUT2D eigenvalue weighted by atomic mass is 16.5. The number of aliphatic hydroxyl groups is 1. The summed E-state index contributed by atoms with van der Waals surface area (Å²) >= 11 is 0. The Hall–Kier alpha value is -4.09. The lowest BCUT2D eigenvalue weighted by atomic mass is 9.91. The van der Waals surface area contributed by atoms with E-state index in [0.717, 1.165) is 39.6 Å². The Morgan fingerprint density at radius 1 is 1.11 bits per heavy atom. The fraction of sp³-hybridized carbons (Fsp3) is 0.370. The van der Waals surface area contributed by atoms with E-state index in [2.05, 4.69) is 25.5 Å². The van der Waals surface area contributed by atoms with Crippen LogP contribution in [0.15, 0.2) is 48.8 Å². The SMILES string of the molecule is C[C@@H]1CN(c2ncc(-c3ccc4nc5n(c4n3)[C@@]3(COC5)COc4ccccc43)cn2)CCN1C(=O)CO. The molecule has 0 unspecified atom stereocenters. The lowest BCUT2D eigenvalue weighted by Gasteiger charge is -2.39. The number of imidazole rings is 1. The Labute approximate surface area is 218 Å². The van der Waals surface area contributed by atoms with Crippen molar-refractivity contribution in [1.29, 1.82) is 0 Å². The molecule has 1 spiro atoms. The smallest absolute Gasteiger partial charge is 0.248 e. The first-order valence-electron chi connectivity index (χ1n) is 12.7. The third-order valence-corrected chi connectivity index (χ3v) is 7.73. The minimum absolute atomic E-state index is 0.0372. The lowest BCUT2D eigenvalue weighted by Crippen LogP contribution is -2.55. The molecule has 4 aromatic rings. The van der Waals surface area contributed by atoms with Gasteiger partial charge in [0.1, 0.15) is 42.5 Å². The van der Waals surface area contributed by atoms with Gasteiger partial charge in [0.2, 0.25) is 11.9 Å². The number of hydrogen-bond acceptors (Lipinski definition) is 9. The van der Waals surface area contributed by atoms with Gasteiger partial charge in [0.25, 0.3) is 0 Å². The maximum Gasteiger partial charge on any atom is 0.248 e. The topological polar surface area (TPSA) is 119 Å². The van der Waals surface area contributed by atoms with Crippen molar-refractivity contribution in [3.05, 3.63) is 60.2 Å². The summed E-state index contributed by atoms with van der Waals surface area (Å²) in [6, 6.07) is 11.9. The summed E-state index contributed by atoms with van der Waals surface area (Å²) in [5.74, 6) is 2.05. The summed E-state index contributed by atoms with van der Waals surface area (Å²) in [7, 11) is 0. The van der Waals surface area contributed by atoms with E-state index in [1.54, 1.807) is 17.3 Å². The van der Waals surface area contributed by atoms with Gasteiger partial charge in [-0.25, -0.2) is 19.9 Å². The number of hydrogen-bond donors (Lipinski definition) is 1. The van der Waals surface area contributed by atoms with Gasteiger partial charge in [-0.3, -0.25) is 9.36 Å². The normalized spacial score (nSPS) is 22.4. The number of fused-ring (bicyclic) bond motifs is 6. The molecule has 194 valence electrons. The highest BCUT2D eigenvalue weighted by Crippen LogP contribution is 2.44. The molecule has 11 heteroatoms. The second-order valence-corrected chi connectivity index (χ2v) is 10.0. The Morgan fingerprint density at radius 3 is 2.76 bits per heavy atom. The summed E-state index contributed by atoms with van der Waals surface area (Å²) in [6.07, 6.45) is 3.57. The van der Waals surface area contributed by atoms with Crippen LogP contribution in [0, 0.1) is 0 Å². The van der Waals surface area contributed by atoms with E-state index in [0.29, 0.717) is 45.4 Å². The molecule has 11 nitrogen and oxygen atoms in total. The molecular weight excluding hydrogens is 486 g/mol. The molecule has 1 amide bonds. The third kappa shape index (κ3) is 3.46. The number of aromatic nitrogens is 5. The van der Waals surface area contributed by atoms with Crippen molar-refractivity contribution in [3.63, 3.8) is 0 Å². The van der Waals surface area contributed by atoms with Crippen molar-refractivity contribution in [3.8, 4) is 17.0 Å². The van der Waals surface area contributed by atoms with Crippen molar-refractivity contribution in [2.75, 3.05) is 44.4 Å². The van der Waals surface area contributed by atoms with Crippen LogP contribution in [-0.4, -0.2) is 85.9 Å². The minimum Gasteiger partial charge on any atom is -0.490 e. The largest absolute Gasteiger partial charge is 0.490 e. The number of benzene rings is 1. The second kappa shape index (κ2) is 8.74. The maximum absolute atomic E-state index is 11.9. The Balaban J connectivity index is 1.21. The fourth-order valence-electron chi connectivity index (χ4n) is 5.86. The number of nitrogens with zero attached hydrogens (tertiary/aromatic N) is 7. The van der Waals surface area contributed by atoms with E-state index in [4.69, 9.17) is 19.4 Å². The molecule has 38 heavy (non-hydrogen) atoms. The van der Waals surface area contributed by atoms with Crippen LogP contribution in [0.5, 0.6) is 5.75 Å². The number of anilines is 1. The quantitative estimate of drug-likeness (QED) is 0.436. The van der Waals surface area contributed by atoms with Gasteiger partial charge in [-0.2, -0.15) is 0 Å². The van der Waals surface area contributed by atoms with Crippen LogP contribution in [0.4, 0.5) is 5.95 Å². The second-order valence-electron chi connectivity index (χ2n) is 10.0. The molecule has 1 saturated heterocycles. The first-order chi connectivity index (χ1) is 18.6. The van der Waals surface area contributed by atoms with E-state index in [9.17, 15) is 9.90 Å². The Kier molecular flexibility index (Phi) is 5.31. The van der Waals surface area contributed by atoms with Gasteiger partial charge in [-0.05, 0) is 25.1 Å². The van der Waals surface area contributed by atoms with Gasteiger partial charge in [-0.1, -0.05) is 18.2 Å². The molecule has 0 bridgehead atoms. The summed E-state index contributed by atoms with van der Waals surface area (Å²) in [6.45, 7) is 4.59. The highest BCUT2D eigenvalue weighted by molar-refractivity contribution is 5.78. The number of aliphatic hydroxyl groups excluding tert-OH is 1. The summed E-state index contributed by atoms with van der Waals surface area (Å²) in [5, 5.41) is 9.19. The minimum atomic E-state index is -0.513. The van der Waals surface area contributed by atoms with Crippen molar-refractivity contribution in [2.45, 2.75) is 25.1 Å². The predicted octanol–water partition coefficient (Wildman–Crippen LogP) is 1.58. The molecule has 0 saturated carbocycles. The zero-order valence-electron chi connectivity index (χ0n) is 20.9. The number of rotatable bonds is 3. The molecule has 3 aliphatic heterocycles. The van der Waals surface area contributed by atoms with Crippen LogP contribution in [0.25, 0.3) is 22.4 Å². The van der Waals surface area contributed by atoms with Crippen LogP contribution in [0.1, 0.15) is 18.3 Å². The summed E-state index contributed by atoms with van der Waals surface area (Å²) in [5.41, 5.74) is 3.71. The van der Waals surface area contributed by atoms with Crippen LogP contribution in [0.3, 0.4) is 0 Å². The van der Waals surface area contributed by atoms with Gasteiger partial charge in [0.15, 0.2) is 5.65 Å².